The Balaban J connectivity index is 0.00000342. The van der Waals surface area contributed by atoms with E-state index in [1.807, 2.05) is 85.5 Å². The molecule has 1 atom stereocenters. The van der Waals surface area contributed by atoms with Crippen molar-refractivity contribution in [1.29, 1.82) is 0 Å². The third-order valence-electron chi connectivity index (χ3n) is 6.28. The fourth-order valence-electron chi connectivity index (χ4n) is 4.39. The molecule has 184 valence electrons. The van der Waals surface area contributed by atoms with Crippen molar-refractivity contribution in [1.82, 2.24) is 0 Å². The smallest absolute Gasteiger partial charge is 0.251 e. The van der Waals surface area contributed by atoms with Gasteiger partial charge in [-0.1, -0.05) is 42.5 Å². The fraction of sp³-hybridized carbons (Fsp3) is 0.286. The lowest BCUT2D eigenvalue weighted by molar-refractivity contribution is -0.119. The number of carbonyl (C=O) groups is 2. The van der Waals surface area contributed by atoms with Gasteiger partial charge >= 0.3 is 0 Å². The number of rotatable bonds is 7. The Kier molecular flexibility index (Phi) is 8.90. The number of piperidine rings is 1. The number of halogens is 1. The number of carbonyl (C=O) groups excluding carboxylic acids is 2. The zero-order chi connectivity index (χ0) is 24.1. The van der Waals surface area contributed by atoms with Crippen LogP contribution in [0.25, 0.3) is 0 Å². The van der Waals surface area contributed by atoms with E-state index < -0.39 is 6.04 Å². The maximum absolute atomic E-state index is 13.5. The normalized spacial score (nSPS) is 14.1. The van der Waals surface area contributed by atoms with Gasteiger partial charge in [0.2, 0.25) is 5.91 Å². The van der Waals surface area contributed by atoms with Gasteiger partial charge in [-0.2, -0.15) is 0 Å². The summed E-state index contributed by atoms with van der Waals surface area (Å²) >= 11 is 0. The molecule has 0 saturated carbocycles. The maximum atomic E-state index is 13.5. The van der Waals surface area contributed by atoms with Crippen LogP contribution in [0.15, 0.2) is 66.7 Å². The molecule has 0 spiro atoms. The molecule has 1 saturated heterocycles. The molecule has 2 amide bonds. The molecule has 0 radical (unpaired) electrons. The Labute approximate surface area is 213 Å². The standard InChI is InChI=1S/C28H32N4O2.ClH/c1-19-16-25(32-14-7-6-13-26(32)33)20(2)15-24(19)31-28(34)27(22-10-4-3-5-11-22)30-23-12-8-9-21(17-23)18-29;/h3-5,8-12,15-17,27,30H,6-7,13-14,18,29H2,1-2H3,(H,31,34);1H. The second kappa shape index (κ2) is 11.9. The Morgan fingerprint density at radius 2 is 1.77 bits per heavy atom. The van der Waals surface area contributed by atoms with Gasteiger partial charge in [0.25, 0.3) is 5.91 Å². The first-order valence-corrected chi connectivity index (χ1v) is 11.8. The molecule has 0 aliphatic carbocycles. The van der Waals surface area contributed by atoms with Crippen LogP contribution >= 0.6 is 12.4 Å². The van der Waals surface area contributed by atoms with Crippen molar-refractivity contribution in [2.45, 2.75) is 45.7 Å². The van der Waals surface area contributed by atoms with E-state index >= 15 is 0 Å². The summed E-state index contributed by atoms with van der Waals surface area (Å²) in [4.78, 5) is 27.8. The van der Waals surface area contributed by atoms with E-state index in [4.69, 9.17) is 5.73 Å². The van der Waals surface area contributed by atoms with Crippen molar-refractivity contribution >= 4 is 41.3 Å². The minimum atomic E-state index is -0.586. The highest BCUT2D eigenvalue weighted by atomic mass is 35.5. The number of aryl methyl sites for hydroxylation is 2. The van der Waals surface area contributed by atoms with Gasteiger partial charge in [0.1, 0.15) is 6.04 Å². The number of amides is 2. The van der Waals surface area contributed by atoms with Gasteiger partial charge in [-0.3, -0.25) is 9.59 Å². The van der Waals surface area contributed by atoms with E-state index in [1.54, 1.807) is 0 Å². The molecule has 4 N–H and O–H groups in total. The molecule has 1 aliphatic heterocycles. The van der Waals surface area contributed by atoms with Gasteiger partial charge in [-0.25, -0.2) is 0 Å². The van der Waals surface area contributed by atoms with Crippen LogP contribution in [0.2, 0.25) is 0 Å². The molecular formula is C28H33ClN4O2. The van der Waals surface area contributed by atoms with Gasteiger partial charge < -0.3 is 21.3 Å². The third-order valence-corrected chi connectivity index (χ3v) is 6.28. The number of anilines is 3. The predicted octanol–water partition coefficient (Wildman–Crippen LogP) is 5.49. The second-order valence-corrected chi connectivity index (χ2v) is 8.84. The molecular weight excluding hydrogens is 460 g/mol. The average molecular weight is 493 g/mol. The molecule has 1 aliphatic rings. The maximum Gasteiger partial charge on any atom is 0.251 e. The lowest BCUT2D eigenvalue weighted by atomic mass is 10.0. The van der Waals surface area contributed by atoms with Crippen LogP contribution in [0.5, 0.6) is 0 Å². The van der Waals surface area contributed by atoms with Crippen molar-refractivity contribution in [2.24, 2.45) is 5.73 Å². The summed E-state index contributed by atoms with van der Waals surface area (Å²) in [5, 5.41) is 6.48. The number of hydrogen-bond acceptors (Lipinski definition) is 4. The first kappa shape index (κ1) is 26.3. The van der Waals surface area contributed by atoms with Crippen LogP contribution in [-0.4, -0.2) is 18.4 Å². The zero-order valence-corrected chi connectivity index (χ0v) is 21.0. The van der Waals surface area contributed by atoms with E-state index in [0.29, 0.717) is 13.0 Å². The Morgan fingerprint density at radius 1 is 1.00 bits per heavy atom. The van der Waals surface area contributed by atoms with Gasteiger partial charge in [0.15, 0.2) is 0 Å². The fourth-order valence-corrected chi connectivity index (χ4v) is 4.39. The summed E-state index contributed by atoms with van der Waals surface area (Å²) in [6.45, 7) is 5.12. The first-order chi connectivity index (χ1) is 16.5. The van der Waals surface area contributed by atoms with E-state index in [2.05, 4.69) is 10.6 Å². The largest absolute Gasteiger partial charge is 0.370 e. The number of benzene rings is 3. The highest BCUT2D eigenvalue weighted by Crippen LogP contribution is 2.31. The van der Waals surface area contributed by atoms with Crippen molar-refractivity contribution in [2.75, 3.05) is 22.1 Å². The van der Waals surface area contributed by atoms with Crippen LogP contribution in [0.3, 0.4) is 0 Å². The minimum absolute atomic E-state index is 0. The highest BCUT2D eigenvalue weighted by molar-refractivity contribution is 5.99. The summed E-state index contributed by atoms with van der Waals surface area (Å²) in [6.07, 6.45) is 2.55. The van der Waals surface area contributed by atoms with Gasteiger partial charge in [-0.15, -0.1) is 12.4 Å². The van der Waals surface area contributed by atoms with Crippen LogP contribution < -0.4 is 21.3 Å². The van der Waals surface area contributed by atoms with Crippen molar-refractivity contribution < 1.29 is 9.59 Å². The number of nitrogens with two attached hydrogens (primary N) is 1. The molecule has 1 fully saturated rings. The predicted molar refractivity (Wildman–Crippen MR) is 145 cm³/mol. The van der Waals surface area contributed by atoms with E-state index in [9.17, 15) is 9.59 Å². The van der Waals surface area contributed by atoms with Crippen LogP contribution in [0, 0.1) is 13.8 Å². The van der Waals surface area contributed by atoms with Gasteiger partial charge in [0, 0.05) is 36.6 Å². The third kappa shape index (κ3) is 6.21. The number of hydrogen-bond donors (Lipinski definition) is 3. The Hall–Kier alpha value is -3.35. The molecule has 3 aromatic rings. The second-order valence-electron chi connectivity index (χ2n) is 8.84. The van der Waals surface area contributed by atoms with Crippen molar-refractivity contribution in [3.63, 3.8) is 0 Å². The van der Waals surface area contributed by atoms with E-state index in [1.165, 1.54) is 0 Å². The molecule has 1 unspecified atom stereocenters. The van der Waals surface area contributed by atoms with E-state index in [0.717, 1.165) is 58.7 Å². The molecule has 4 rings (SSSR count). The van der Waals surface area contributed by atoms with Gasteiger partial charge in [-0.05, 0) is 73.2 Å². The lowest BCUT2D eigenvalue weighted by Gasteiger charge is -2.29. The molecule has 0 aromatic heterocycles. The van der Waals surface area contributed by atoms with Gasteiger partial charge in [0.05, 0.1) is 0 Å². The first-order valence-electron chi connectivity index (χ1n) is 11.8. The molecule has 1 heterocycles. The highest BCUT2D eigenvalue weighted by Gasteiger charge is 2.24. The summed E-state index contributed by atoms with van der Waals surface area (Å²) in [7, 11) is 0. The van der Waals surface area contributed by atoms with Crippen molar-refractivity contribution in [3.05, 3.63) is 89.0 Å². The Morgan fingerprint density at radius 3 is 2.49 bits per heavy atom. The van der Waals surface area contributed by atoms with Crippen LogP contribution in [0.4, 0.5) is 17.1 Å². The van der Waals surface area contributed by atoms with E-state index in [-0.39, 0.29) is 24.2 Å². The lowest BCUT2D eigenvalue weighted by Crippen LogP contribution is -2.35. The molecule has 35 heavy (non-hydrogen) atoms. The monoisotopic (exact) mass is 492 g/mol. The summed E-state index contributed by atoms with van der Waals surface area (Å²) in [6, 6.07) is 20.8. The summed E-state index contributed by atoms with van der Waals surface area (Å²) in [5.74, 6) is 0.00670. The molecule has 7 heteroatoms. The molecule has 6 nitrogen and oxygen atoms in total. The molecule has 0 bridgehead atoms. The Bertz CT molecular complexity index is 1180. The number of nitrogens with zero attached hydrogens (tertiary/aromatic N) is 1. The van der Waals surface area contributed by atoms with Crippen LogP contribution in [-0.2, 0) is 16.1 Å². The topological polar surface area (TPSA) is 87.5 Å². The summed E-state index contributed by atoms with van der Waals surface area (Å²) < 4.78 is 0. The van der Waals surface area contributed by atoms with Crippen molar-refractivity contribution in [3.8, 4) is 0 Å². The zero-order valence-electron chi connectivity index (χ0n) is 20.2. The number of nitrogens with one attached hydrogen (secondary N) is 2. The SMILES string of the molecule is Cc1cc(N2CCCCC2=O)c(C)cc1NC(=O)C(Nc1cccc(CN)c1)c1ccccc1.Cl. The summed E-state index contributed by atoms with van der Waals surface area (Å²) in [5.41, 5.74) is 12.0. The quantitative estimate of drug-likeness (QED) is 0.407. The molecule has 3 aromatic carbocycles. The minimum Gasteiger partial charge on any atom is -0.370 e. The average Bonchev–Trinajstić information content (AvgIpc) is 2.85. The van der Waals surface area contributed by atoms with Crippen LogP contribution in [0.1, 0.15) is 47.6 Å².